The standard InChI is InChI=1S/C21H28N2O4S2/c1-3-27-19-8-10-20(11-9-19)29(25,26)23-13-12-21(24)22-14-15-28-16-18-6-4-17(2)5-7-18/h4-11,23H,3,12-16H2,1-2H3,(H,22,24). The average Bonchev–Trinajstić information content (AvgIpc) is 2.70. The summed E-state index contributed by atoms with van der Waals surface area (Å²) in [4.78, 5) is 12.0. The van der Waals surface area contributed by atoms with Crippen molar-refractivity contribution in [1.82, 2.24) is 10.0 Å². The van der Waals surface area contributed by atoms with Crippen LogP contribution in [0.4, 0.5) is 0 Å². The first-order valence-corrected chi connectivity index (χ1v) is 12.2. The van der Waals surface area contributed by atoms with E-state index in [0.29, 0.717) is 18.9 Å². The number of carbonyl (C=O) groups excluding carboxylic acids is 1. The molecule has 0 saturated heterocycles. The molecule has 0 atom stereocenters. The van der Waals surface area contributed by atoms with Crippen LogP contribution in [-0.2, 0) is 20.6 Å². The van der Waals surface area contributed by atoms with Gasteiger partial charge in [-0.3, -0.25) is 4.79 Å². The van der Waals surface area contributed by atoms with Crippen LogP contribution in [0.5, 0.6) is 5.75 Å². The molecule has 0 aliphatic carbocycles. The van der Waals surface area contributed by atoms with E-state index in [0.717, 1.165) is 11.5 Å². The molecule has 6 nitrogen and oxygen atoms in total. The van der Waals surface area contributed by atoms with E-state index in [-0.39, 0.29) is 23.8 Å². The van der Waals surface area contributed by atoms with Gasteiger partial charge in [0.15, 0.2) is 0 Å². The summed E-state index contributed by atoms with van der Waals surface area (Å²) in [5, 5.41) is 2.81. The molecule has 8 heteroatoms. The number of aryl methyl sites for hydroxylation is 1. The summed E-state index contributed by atoms with van der Waals surface area (Å²) in [5.74, 6) is 2.15. The summed E-state index contributed by atoms with van der Waals surface area (Å²) in [5.41, 5.74) is 2.50. The van der Waals surface area contributed by atoms with Crippen LogP contribution in [-0.4, -0.2) is 39.8 Å². The molecule has 0 aromatic heterocycles. The van der Waals surface area contributed by atoms with Crippen LogP contribution in [0.15, 0.2) is 53.4 Å². The molecule has 2 aromatic carbocycles. The number of rotatable bonds is 12. The minimum atomic E-state index is -3.64. The fourth-order valence-corrected chi connectivity index (χ4v) is 4.34. The van der Waals surface area contributed by atoms with Gasteiger partial charge in [0.1, 0.15) is 5.75 Å². The summed E-state index contributed by atoms with van der Waals surface area (Å²) < 4.78 is 32.3. The minimum Gasteiger partial charge on any atom is -0.494 e. The third-order valence-electron chi connectivity index (χ3n) is 4.05. The van der Waals surface area contributed by atoms with Gasteiger partial charge in [-0.1, -0.05) is 29.8 Å². The highest BCUT2D eigenvalue weighted by molar-refractivity contribution is 7.98. The van der Waals surface area contributed by atoms with Crippen LogP contribution in [0.3, 0.4) is 0 Å². The fourth-order valence-electron chi connectivity index (χ4n) is 2.49. The Hall–Kier alpha value is -2.03. The first-order chi connectivity index (χ1) is 13.9. The summed E-state index contributed by atoms with van der Waals surface area (Å²) in [6.45, 7) is 5.05. The van der Waals surface area contributed by atoms with Crippen molar-refractivity contribution in [1.29, 1.82) is 0 Å². The molecule has 2 aromatic rings. The molecule has 0 spiro atoms. The highest BCUT2D eigenvalue weighted by atomic mass is 32.2. The molecular formula is C21H28N2O4S2. The van der Waals surface area contributed by atoms with Crippen molar-refractivity contribution in [3.63, 3.8) is 0 Å². The quantitative estimate of drug-likeness (QED) is 0.500. The zero-order chi connectivity index (χ0) is 21.1. The number of amides is 1. The zero-order valence-corrected chi connectivity index (χ0v) is 18.4. The SMILES string of the molecule is CCOc1ccc(S(=O)(=O)NCCC(=O)NCCSCc2ccc(C)cc2)cc1. The molecule has 0 fully saturated rings. The predicted molar refractivity (Wildman–Crippen MR) is 118 cm³/mol. The van der Waals surface area contributed by atoms with Crippen molar-refractivity contribution in [2.24, 2.45) is 0 Å². The molecule has 158 valence electrons. The molecule has 0 aliphatic rings. The fraction of sp³-hybridized carbons (Fsp3) is 0.381. The Bertz CT molecular complexity index is 867. The second-order valence-corrected chi connectivity index (χ2v) is 9.31. The first-order valence-electron chi connectivity index (χ1n) is 9.53. The Morgan fingerprint density at radius 2 is 1.72 bits per heavy atom. The Kier molecular flexibility index (Phi) is 9.50. The lowest BCUT2D eigenvalue weighted by Crippen LogP contribution is -2.31. The van der Waals surface area contributed by atoms with E-state index >= 15 is 0 Å². The lowest BCUT2D eigenvalue weighted by Gasteiger charge is -2.09. The van der Waals surface area contributed by atoms with E-state index in [1.807, 2.05) is 6.92 Å². The molecule has 2 rings (SSSR count). The van der Waals surface area contributed by atoms with Crippen molar-refractivity contribution in [3.05, 3.63) is 59.7 Å². The monoisotopic (exact) mass is 436 g/mol. The third kappa shape index (κ3) is 8.47. The number of nitrogens with one attached hydrogen (secondary N) is 2. The highest BCUT2D eigenvalue weighted by Crippen LogP contribution is 2.16. The lowest BCUT2D eigenvalue weighted by atomic mass is 10.2. The smallest absolute Gasteiger partial charge is 0.240 e. The van der Waals surface area contributed by atoms with Crippen molar-refractivity contribution in [2.75, 3.05) is 25.4 Å². The molecular weight excluding hydrogens is 408 g/mol. The zero-order valence-electron chi connectivity index (χ0n) is 16.8. The maximum Gasteiger partial charge on any atom is 0.240 e. The molecule has 0 heterocycles. The number of hydrogen-bond acceptors (Lipinski definition) is 5. The van der Waals surface area contributed by atoms with Gasteiger partial charge in [0.05, 0.1) is 11.5 Å². The van der Waals surface area contributed by atoms with E-state index in [1.54, 1.807) is 23.9 Å². The summed E-state index contributed by atoms with van der Waals surface area (Å²) >= 11 is 1.75. The van der Waals surface area contributed by atoms with Crippen LogP contribution in [0.2, 0.25) is 0 Å². The summed E-state index contributed by atoms with van der Waals surface area (Å²) in [7, 11) is -3.64. The van der Waals surface area contributed by atoms with Crippen LogP contribution >= 0.6 is 11.8 Å². The molecule has 0 aliphatic heterocycles. The van der Waals surface area contributed by atoms with Gasteiger partial charge >= 0.3 is 0 Å². The number of sulfonamides is 1. The average molecular weight is 437 g/mol. The van der Waals surface area contributed by atoms with Gasteiger partial charge in [-0.15, -0.1) is 0 Å². The minimum absolute atomic E-state index is 0.0535. The summed E-state index contributed by atoms with van der Waals surface area (Å²) in [6, 6.07) is 14.6. The van der Waals surface area contributed by atoms with Gasteiger partial charge in [0, 0.05) is 31.0 Å². The van der Waals surface area contributed by atoms with Gasteiger partial charge in [0.25, 0.3) is 0 Å². The predicted octanol–water partition coefficient (Wildman–Crippen LogP) is 3.11. The van der Waals surface area contributed by atoms with Gasteiger partial charge < -0.3 is 10.1 Å². The maximum atomic E-state index is 12.3. The van der Waals surface area contributed by atoms with Crippen LogP contribution in [0.1, 0.15) is 24.5 Å². The van der Waals surface area contributed by atoms with Gasteiger partial charge in [-0.25, -0.2) is 13.1 Å². The number of ether oxygens (including phenoxy) is 1. The van der Waals surface area contributed by atoms with Crippen LogP contribution in [0, 0.1) is 6.92 Å². The number of carbonyl (C=O) groups is 1. The van der Waals surface area contributed by atoms with Crippen LogP contribution < -0.4 is 14.8 Å². The maximum absolute atomic E-state index is 12.3. The van der Waals surface area contributed by atoms with Crippen LogP contribution in [0.25, 0.3) is 0 Å². The topological polar surface area (TPSA) is 84.5 Å². The van der Waals surface area contributed by atoms with Crippen molar-refractivity contribution >= 4 is 27.7 Å². The van der Waals surface area contributed by atoms with E-state index in [2.05, 4.69) is 41.2 Å². The van der Waals surface area contributed by atoms with Gasteiger partial charge in [0.2, 0.25) is 15.9 Å². The summed E-state index contributed by atoms with van der Waals surface area (Å²) in [6.07, 6.45) is 0.0961. The molecule has 0 radical (unpaired) electrons. The molecule has 1 amide bonds. The van der Waals surface area contributed by atoms with Gasteiger partial charge in [-0.2, -0.15) is 11.8 Å². The Morgan fingerprint density at radius 1 is 1.03 bits per heavy atom. The van der Waals surface area contributed by atoms with E-state index in [9.17, 15) is 13.2 Å². The number of hydrogen-bond donors (Lipinski definition) is 2. The van der Waals surface area contributed by atoms with Crippen molar-refractivity contribution < 1.29 is 17.9 Å². The second kappa shape index (κ2) is 11.8. The third-order valence-corrected chi connectivity index (χ3v) is 6.55. The van der Waals surface area contributed by atoms with E-state index in [4.69, 9.17) is 4.74 Å². The first kappa shape index (κ1) is 23.3. The van der Waals surface area contributed by atoms with E-state index in [1.165, 1.54) is 23.3 Å². The van der Waals surface area contributed by atoms with Crippen molar-refractivity contribution in [3.8, 4) is 5.75 Å². The normalized spacial score (nSPS) is 11.2. The Labute approximate surface area is 177 Å². The molecule has 0 saturated carbocycles. The lowest BCUT2D eigenvalue weighted by molar-refractivity contribution is -0.120. The molecule has 29 heavy (non-hydrogen) atoms. The number of benzene rings is 2. The highest BCUT2D eigenvalue weighted by Gasteiger charge is 2.14. The van der Waals surface area contributed by atoms with Gasteiger partial charge in [-0.05, 0) is 43.7 Å². The molecule has 2 N–H and O–H groups in total. The second-order valence-electron chi connectivity index (χ2n) is 6.44. The Morgan fingerprint density at radius 3 is 2.38 bits per heavy atom. The van der Waals surface area contributed by atoms with E-state index < -0.39 is 10.0 Å². The molecule has 0 unspecified atom stereocenters. The largest absolute Gasteiger partial charge is 0.494 e. The molecule has 0 bridgehead atoms. The van der Waals surface area contributed by atoms with Crippen molar-refractivity contribution in [2.45, 2.75) is 30.9 Å². The Balaban J connectivity index is 1.62. The number of thioether (sulfide) groups is 1.